The lowest BCUT2D eigenvalue weighted by atomic mass is 9.69. The van der Waals surface area contributed by atoms with Gasteiger partial charge < -0.3 is 5.32 Å². The zero-order valence-corrected chi connectivity index (χ0v) is 19.5. The molecule has 5 heteroatoms. The monoisotopic (exact) mass is 467 g/mol. The van der Waals surface area contributed by atoms with E-state index in [1.807, 2.05) is 0 Å². The van der Waals surface area contributed by atoms with E-state index in [9.17, 15) is 18.0 Å². The van der Waals surface area contributed by atoms with Gasteiger partial charge >= 0.3 is 6.18 Å². The Bertz CT molecular complexity index is 1080. The first-order chi connectivity index (χ1) is 16.3. The summed E-state index contributed by atoms with van der Waals surface area (Å²) in [5.41, 5.74) is 4.47. The Hall–Kier alpha value is -2.30. The summed E-state index contributed by atoms with van der Waals surface area (Å²) in [5.74, 6) is 0.727. The molecule has 4 aliphatic carbocycles. The highest BCUT2D eigenvalue weighted by Crippen LogP contribution is 2.57. The van der Waals surface area contributed by atoms with Gasteiger partial charge in [-0.15, -0.1) is 0 Å². The average molecular weight is 468 g/mol. The number of allylic oxidation sites excluding steroid dienone is 6. The predicted molar refractivity (Wildman–Crippen MR) is 126 cm³/mol. The summed E-state index contributed by atoms with van der Waals surface area (Å²) in [6, 6.07) is 4.84. The third-order valence-electron chi connectivity index (χ3n) is 8.96. The molecule has 1 aliphatic heterocycles. The number of dihydropyridines is 1. The maximum Gasteiger partial charge on any atom is 0.416 e. The van der Waals surface area contributed by atoms with E-state index < -0.39 is 11.7 Å². The zero-order valence-electron chi connectivity index (χ0n) is 19.5. The molecule has 6 rings (SSSR count). The summed E-state index contributed by atoms with van der Waals surface area (Å²) in [6.45, 7) is 0. The maximum atomic E-state index is 14.1. The molecule has 180 valence electrons. The van der Waals surface area contributed by atoms with Crippen molar-refractivity contribution in [3.05, 3.63) is 70.1 Å². The van der Waals surface area contributed by atoms with E-state index in [-0.39, 0.29) is 11.7 Å². The second-order valence-corrected chi connectivity index (χ2v) is 11.2. The van der Waals surface area contributed by atoms with Gasteiger partial charge in [-0.05, 0) is 79.9 Å². The number of halogens is 3. The largest absolute Gasteiger partial charge is 0.416 e. The van der Waals surface area contributed by atoms with Gasteiger partial charge in [-0.25, -0.2) is 0 Å². The fraction of sp³-hybridized carbons (Fsp3) is 0.552. The second-order valence-electron chi connectivity index (χ2n) is 11.2. The quantitative estimate of drug-likeness (QED) is 0.459. The number of hydrogen-bond acceptors (Lipinski definition) is 2. The Labute approximate surface area is 199 Å². The average Bonchev–Trinajstić information content (AvgIpc) is 3.25. The third-order valence-corrected chi connectivity index (χ3v) is 8.96. The molecule has 34 heavy (non-hydrogen) atoms. The number of carbonyl (C=O) groups excluding carboxylic acids is 1. The molecule has 3 saturated carbocycles. The van der Waals surface area contributed by atoms with Gasteiger partial charge in [0.05, 0.1) is 5.56 Å². The van der Waals surface area contributed by atoms with E-state index in [1.165, 1.54) is 61.9 Å². The van der Waals surface area contributed by atoms with E-state index in [4.69, 9.17) is 0 Å². The number of ketones is 1. The highest BCUT2D eigenvalue weighted by Gasteiger charge is 2.48. The summed E-state index contributed by atoms with van der Waals surface area (Å²) in [7, 11) is 0. The van der Waals surface area contributed by atoms with Crippen LogP contribution in [0.25, 0.3) is 0 Å². The standard InChI is InChI=1S/C29H32F3NO/c30-29(31,32)21-11-9-20(10-12-21)27(34)25-24(18-5-1-2-6-18)22-13-14-28(15-16-28)17-23(22)33-26(25)19-7-3-4-8-19/h9-14,18-19,24,33H,1-8,15-17H2. The van der Waals surface area contributed by atoms with Crippen LogP contribution < -0.4 is 5.32 Å². The van der Waals surface area contributed by atoms with E-state index in [2.05, 4.69) is 17.5 Å². The minimum Gasteiger partial charge on any atom is -0.361 e. The Balaban J connectivity index is 1.44. The van der Waals surface area contributed by atoms with Crippen LogP contribution in [0.1, 0.15) is 86.6 Å². The first-order valence-corrected chi connectivity index (χ1v) is 13.0. The van der Waals surface area contributed by atoms with Crippen LogP contribution in [-0.2, 0) is 6.18 Å². The second kappa shape index (κ2) is 8.13. The van der Waals surface area contributed by atoms with Crippen LogP contribution in [0.2, 0.25) is 0 Å². The molecule has 1 heterocycles. The summed E-state index contributed by atoms with van der Waals surface area (Å²) in [4.78, 5) is 14.1. The van der Waals surface area contributed by atoms with Gasteiger partial charge in [0.25, 0.3) is 0 Å². The van der Waals surface area contributed by atoms with Gasteiger partial charge in [0.1, 0.15) is 0 Å². The molecule has 1 atom stereocenters. The summed E-state index contributed by atoms with van der Waals surface area (Å²) in [6.07, 6.45) is 12.8. The lowest BCUT2D eigenvalue weighted by molar-refractivity contribution is -0.137. The van der Waals surface area contributed by atoms with Crippen molar-refractivity contribution in [1.82, 2.24) is 5.32 Å². The summed E-state index contributed by atoms with van der Waals surface area (Å²) in [5, 5.41) is 3.79. The number of Topliss-reactive ketones (excluding diaryl/α,β-unsaturated/α-hetero) is 1. The Kier molecular flexibility index (Phi) is 5.31. The number of rotatable bonds is 4. The van der Waals surface area contributed by atoms with Gasteiger partial charge in [0.15, 0.2) is 5.78 Å². The molecule has 0 amide bonds. The van der Waals surface area contributed by atoms with Crippen molar-refractivity contribution in [2.75, 3.05) is 0 Å². The molecular weight excluding hydrogens is 435 g/mol. The van der Waals surface area contributed by atoms with Crippen LogP contribution in [0.15, 0.2) is 59.0 Å². The van der Waals surface area contributed by atoms with Crippen molar-refractivity contribution < 1.29 is 18.0 Å². The topological polar surface area (TPSA) is 29.1 Å². The molecule has 1 N–H and O–H groups in total. The summed E-state index contributed by atoms with van der Waals surface area (Å²) >= 11 is 0. The number of nitrogens with one attached hydrogen (secondary N) is 1. The molecule has 2 nitrogen and oxygen atoms in total. The minimum atomic E-state index is -4.40. The predicted octanol–water partition coefficient (Wildman–Crippen LogP) is 7.74. The number of alkyl halides is 3. The van der Waals surface area contributed by atoms with Crippen molar-refractivity contribution in [1.29, 1.82) is 0 Å². The Morgan fingerprint density at radius 2 is 1.59 bits per heavy atom. The fourth-order valence-electron chi connectivity index (χ4n) is 6.89. The van der Waals surface area contributed by atoms with Gasteiger partial charge in [-0.3, -0.25) is 4.79 Å². The molecule has 1 spiro atoms. The molecule has 1 aromatic rings. The molecule has 3 fully saturated rings. The van der Waals surface area contributed by atoms with Crippen molar-refractivity contribution in [2.45, 2.75) is 76.8 Å². The van der Waals surface area contributed by atoms with Crippen LogP contribution in [-0.4, -0.2) is 5.78 Å². The van der Waals surface area contributed by atoms with E-state index >= 15 is 0 Å². The van der Waals surface area contributed by atoms with Gasteiger partial charge in [0, 0.05) is 28.4 Å². The van der Waals surface area contributed by atoms with E-state index in [1.54, 1.807) is 0 Å². The molecule has 1 aromatic carbocycles. The smallest absolute Gasteiger partial charge is 0.361 e. The minimum absolute atomic E-state index is 0.0523. The zero-order chi connectivity index (χ0) is 23.5. The van der Waals surface area contributed by atoms with Crippen LogP contribution in [0.3, 0.4) is 0 Å². The van der Waals surface area contributed by atoms with Crippen molar-refractivity contribution >= 4 is 5.78 Å². The summed E-state index contributed by atoms with van der Waals surface area (Å²) < 4.78 is 39.4. The molecule has 0 radical (unpaired) electrons. The first kappa shape index (κ1) is 22.2. The lowest BCUT2D eigenvalue weighted by Crippen LogP contribution is -2.37. The maximum absolute atomic E-state index is 14.1. The third kappa shape index (κ3) is 3.85. The molecule has 0 aromatic heterocycles. The van der Waals surface area contributed by atoms with Crippen molar-refractivity contribution in [3.8, 4) is 0 Å². The normalized spacial score (nSPS) is 26.9. The first-order valence-electron chi connectivity index (χ1n) is 13.0. The lowest BCUT2D eigenvalue weighted by Gasteiger charge is -2.40. The van der Waals surface area contributed by atoms with E-state index in [0.29, 0.717) is 22.8 Å². The highest BCUT2D eigenvalue weighted by atomic mass is 19.4. The van der Waals surface area contributed by atoms with Crippen molar-refractivity contribution in [3.63, 3.8) is 0 Å². The molecule has 5 aliphatic rings. The van der Waals surface area contributed by atoms with Gasteiger partial charge in [-0.1, -0.05) is 50.0 Å². The Morgan fingerprint density at radius 1 is 0.941 bits per heavy atom. The number of benzene rings is 1. The van der Waals surface area contributed by atoms with Gasteiger partial charge in [0.2, 0.25) is 0 Å². The van der Waals surface area contributed by atoms with Crippen molar-refractivity contribution in [2.24, 2.45) is 23.2 Å². The fourth-order valence-corrected chi connectivity index (χ4v) is 6.89. The number of hydrogen-bond donors (Lipinski definition) is 1. The SMILES string of the molecule is O=C(C1=C(C2CCCC2)NC2=C(C=CC3(CC3)C2)C1C1CCCC1)c1ccc(C(F)(F)F)cc1. The van der Waals surface area contributed by atoms with Crippen LogP contribution in [0, 0.1) is 23.2 Å². The van der Waals surface area contributed by atoms with E-state index in [0.717, 1.165) is 55.5 Å². The van der Waals surface area contributed by atoms with Crippen LogP contribution in [0.4, 0.5) is 13.2 Å². The van der Waals surface area contributed by atoms with Crippen LogP contribution >= 0.6 is 0 Å². The number of carbonyl (C=O) groups is 1. The molecule has 0 bridgehead atoms. The van der Waals surface area contributed by atoms with Gasteiger partial charge in [-0.2, -0.15) is 13.2 Å². The molecule has 0 saturated heterocycles. The van der Waals surface area contributed by atoms with Crippen LogP contribution in [0.5, 0.6) is 0 Å². The highest BCUT2D eigenvalue weighted by molar-refractivity contribution is 6.10. The molecular formula is C29H32F3NO. The Morgan fingerprint density at radius 3 is 2.21 bits per heavy atom. The molecule has 1 unspecified atom stereocenters.